The van der Waals surface area contributed by atoms with E-state index in [0.717, 1.165) is 31.8 Å². The number of amides is 3. The van der Waals surface area contributed by atoms with Crippen LogP contribution in [0.3, 0.4) is 0 Å². The van der Waals surface area contributed by atoms with Crippen LogP contribution in [0.25, 0.3) is 11.3 Å². The number of nitrogens with one attached hydrogen (secondary N) is 2. The molecule has 1 aromatic carbocycles. The van der Waals surface area contributed by atoms with Crippen molar-refractivity contribution in [3.8, 4) is 11.3 Å². The minimum absolute atomic E-state index is 0.00790. The molecular formula is C41H47N9O6. The molecule has 3 amide bonds. The molecule has 4 aromatic rings. The van der Waals surface area contributed by atoms with Crippen molar-refractivity contribution in [2.45, 2.75) is 58.7 Å². The fourth-order valence-corrected chi connectivity index (χ4v) is 8.62. The molecule has 15 heteroatoms. The predicted molar refractivity (Wildman–Crippen MR) is 212 cm³/mol. The lowest BCUT2D eigenvalue weighted by atomic mass is 9.90. The molecule has 0 saturated carbocycles. The lowest BCUT2D eigenvalue weighted by molar-refractivity contribution is -0.122. The van der Waals surface area contributed by atoms with Gasteiger partial charge in [-0.15, -0.1) is 0 Å². The molecule has 3 aliphatic heterocycles. The van der Waals surface area contributed by atoms with Gasteiger partial charge in [-0.05, 0) is 73.1 Å². The number of anilines is 5. The van der Waals surface area contributed by atoms with E-state index < -0.39 is 18.1 Å². The van der Waals surface area contributed by atoms with E-state index in [4.69, 9.17) is 9.72 Å². The molecule has 0 atom stereocenters. The molecule has 3 N–H and O–H groups in total. The topological polar surface area (TPSA) is 167 Å². The Bertz CT molecular complexity index is 2310. The summed E-state index contributed by atoms with van der Waals surface area (Å²) in [7, 11) is 1.60. The monoisotopic (exact) mass is 761 g/mol. The van der Waals surface area contributed by atoms with Crippen LogP contribution in [-0.4, -0.2) is 92.3 Å². The SMILES string of the molecule is C=CC(=O)Nc1cc(Nc2nc(-c3ccnc(N4CCn5c(cc6c5CC(C)(C)C6)C4=O)c3CO)cn(C)c2=O)ccc1N1CCN(C2CCOCC2)CC1=O. The number of carbonyl (C=O) groups excluding carboxylic acids is 3. The van der Waals surface area contributed by atoms with Crippen LogP contribution in [0.1, 0.15) is 54.0 Å². The summed E-state index contributed by atoms with van der Waals surface area (Å²) in [5.74, 6) is -0.374. The average molecular weight is 762 g/mol. The number of piperazine rings is 1. The first kappa shape index (κ1) is 37.3. The Morgan fingerprint density at radius 3 is 2.59 bits per heavy atom. The zero-order valence-corrected chi connectivity index (χ0v) is 32.0. The highest BCUT2D eigenvalue weighted by molar-refractivity contribution is 6.07. The smallest absolute Gasteiger partial charge is 0.293 e. The molecule has 15 nitrogen and oxygen atoms in total. The Balaban J connectivity index is 1.07. The number of benzene rings is 1. The fourth-order valence-electron chi connectivity index (χ4n) is 8.62. The molecule has 1 aliphatic carbocycles. The van der Waals surface area contributed by atoms with Crippen molar-refractivity contribution in [1.29, 1.82) is 0 Å². The van der Waals surface area contributed by atoms with E-state index in [0.29, 0.717) is 90.8 Å². The van der Waals surface area contributed by atoms with Gasteiger partial charge in [0.25, 0.3) is 11.5 Å². The number of pyridine rings is 1. The van der Waals surface area contributed by atoms with E-state index in [2.05, 4.69) is 45.5 Å². The van der Waals surface area contributed by atoms with Gasteiger partial charge in [-0.25, -0.2) is 9.97 Å². The van der Waals surface area contributed by atoms with E-state index in [9.17, 15) is 24.3 Å². The number of nitrogens with zero attached hydrogens (tertiary/aromatic N) is 7. The predicted octanol–water partition coefficient (Wildman–Crippen LogP) is 3.62. The maximum atomic E-state index is 13.9. The summed E-state index contributed by atoms with van der Waals surface area (Å²) >= 11 is 0. The highest BCUT2D eigenvalue weighted by Gasteiger charge is 2.38. The van der Waals surface area contributed by atoms with Crippen LogP contribution in [0.2, 0.25) is 0 Å². The van der Waals surface area contributed by atoms with E-state index in [1.165, 1.54) is 15.8 Å². The highest BCUT2D eigenvalue weighted by atomic mass is 16.5. The number of fused-ring (bicyclic) bond motifs is 3. The minimum Gasteiger partial charge on any atom is -0.392 e. The lowest BCUT2D eigenvalue weighted by Gasteiger charge is -2.40. The molecule has 6 heterocycles. The number of aryl methyl sites for hydroxylation is 1. The van der Waals surface area contributed by atoms with Gasteiger partial charge < -0.3 is 34.5 Å². The summed E-state index contributed by atoms with van der Waals surface area (Å²) in [6.45, 7) is 11.4. The second-order valence-corrected chi connectivity index (χ2v) is 15.7. The van der Waals surface area contributed by atoms with Crippen molar-refractivity contribution in [3.63, 3.8) is 0 Å². The third-order valence-electron chi connectivity index (χ3n) is 11.4. The molecule has 0 bridgehead atoms. The number of hydrogen-bond donors (Lipinski definition) is 3. The van der Waals surface area contributed by atoms with Crippen LogP contribution in [0.5, 0.6) is 0 Å². The lowest BCUT2D eigenvalue weighted by Crippen LogP contribution is -2.54. The summed E-state index contributed by atoms with van der Waals surface area (Å²) < 4.78 is 9.02. The molecule has 8 rings (SSSR count). The number of ether oxygens (including phenoxy) is 1. The molecule has 3 aromatic heterocycles. The number of aromatic nitrogens is 4. The van der Waals surface area contributed by atoms with Crippen LogP contribution < -0.4 is 26.0 Å². The van der Waals surface area contributed by atoms with Crippen LogP contribution in [0.4, 0.5) is 28.7 Å². The Morgan fingerprint density at radius 2 is 1.84 bits per heavy atom. The van der Waals surface area contributed by atoms with Gasteiger partial charge in [0.05, 0.1) is 30.2 Å². The number of rotatable bonds is 9. The quantitative estimate of drug-likeness (QED) is 0.215. The molecular weight excluding hydrogens is 715 g/mol. The first-order chi connectivity index (χ1) is 26.9. The molecule has 4 aliphatic rings. The van der Waals surface area contributed by atoms with Gasteiger partial charge in [-0.3, -0.25) is 29.0 Å². The minimum atomic E-state index is -0.453. The number of aliphatic hydroxyl groups excluding tert-OH is 1. The van der Waals surface area contributed by atoms with E-state index in [1.54, 1.807) is 53.5 Å². The first-order valence-corrected chi connectivity index (χ1v) is 19.1. The molecule has 0 unspecified atom stereocenters. The maximum absolute atomic E-state index is 13.9. The van der Waals surface area contributed by atoms with Gasteiger partial charge in [0.15, 0.2) is 5.82 Å². The second-order valence-electron chi connectivity index (χ2n) is 15.7. The van der Waals surface area contributed by atoms with E-state index >= 15 is 0 Å². The van der Waals surface area contributed by atoms with Crippen molar-refractivity contribution < 1.29 is 24.2 Å². The third-order valence-corrected chi connectivity index (χ3v) is 11.4. The zero-order chi connectivity index (χ0) is 39.3. The fraction of sp³-hybridized carbons (Fsp3) is 0.415. The molecule has 2 saturated heterocycles. The summed E-state index contributed by atoms with van der Waals surface area (Å²) in [5, 5.41) is 16.7. The van der Waals surface area contributed by atoms with Gasteiger partial charge in [0, 0.05) is 87.4 Å². The molecule has 0 radical (unpaired) electrons. The van der Waals surface area contributed by atoms with E-state index in [-0.39, 0.29) is 29.6 Å². The summed E-state index contributed by atoms with van der Waals surface area (Å²) in [5.41, 5.74) is 5.44. The largest absolute Gasteiger partial charge is 0.392 e. The van der Waals surface area contributed by atoms with Crippen LogP contribution in [0, 0.1) is 5.41 Å². The summed E-state index contributed by atoms with van der Waals surface area (Å²) in [4.78, 5) is 68.3. The maximum Gasteiger partial charge on any atom is 0.293 e. The number of aliphatic hydroxyl groups is 1. The van der Waals surface area contributed by atoms with Crippen molar-refractivity contribution in [2.24, 2.45) is 12.5 Å². The molecule has 0 spiro atoms. The third kappa shape index (κ3) is 6.90. The molecule has 2 fully saturated rings. The van der Waals surface area contributed by atoms with Gasteiger partial charge in [-0.1, -0.05) is 20.4 Å². The standard InChI is InChI=1S/C41H47N9O6/c1-5-35(52)44-30-19-26(6-7-32(30)49-13-12-47(23-36(49)53)27-9-16-56-17-10-27)43-37-40(55)46(4)22-31(45-37)28-8-11-42-38(29(28)24-51)50-15-14-48-33(39(50)54)18-25-20-41(2,3)21-34(25)48/h5-8,11,18-19,22,27,51H,1,9-10,12-17,20-21,23-24H2,2-4H3,(H,43,45)(H,44,52). The Labute approximate surface area is 324 Å². The summed E-state index contributed by atoms with van der Waals surface area (Å²) in [6, 6.07) is 9.12. The normalized spacial score (nSPS) is 18.5. The average Bonchev–Trinajstić information content (AvgIpc) is 3.69. The van der Waals surface area contributed by atoms with Gasteiger partial charge >= 0.3 is 0 Å². The highest BCUT2D eigenvalue weighted by Crippen LogP contribution is 2.40. The zero-order valence-electron chi connectivity index (χ0n) is 32.0. The van der Waals surface area contributed by atoms with Crippen LogP contribution >= 0.6 is 0 Å². The van der Waals surface area contributed by atoms with Crippen LogP contribution in [0.15, 0.2) is 60.2 Å². The van der Waals surface area contributed by atoms with Crippen LogP contribution in [-0.2, 0) is 47.4 Å². The van der Waals surface area contributed by atoms with Crippen molar-refractivity contribution in [1.82, 2.24) is 24.0 Å². The van der Waals surface area contributed by atoms with Gasteiger partial charge in [0.1, 0.15) is 11.5 Å². The second kappa shape index (κ2) is 14.8. The Morgan fingerprint density at radius 1 is 1.05 bits per heavy atom. The molecule has 56 heavy (non-hydrogen) atoms. The van der Waals surface area contributed by atoms with Crippen molar-refractivity contribution >= 4 is 46.4 Å². The van der Waals surface area contributed by atoms with Crippen molar-refractivity contribution in [3.05, 3.63) is 88.2 Å². The van der Waals surface area contributed by atoms with Gasteiger partial charge in [-0.2, -0.15) is 0 Å². The Kier molecular flexibility index (Phi) is 9.85. The first-order valence-electron chi connectivity index (χ1n) is 19.1. The molecule has 292 valence electrons. The summed E-state index contributed by atoms with van der Waals surface area (Å²) in [6.07, 6.45) is 7.92. The van der Waals surface area contributed by atoms with Gasteiger partial charge in [0.2, 0.25) is 11.8 Å². The Hall–Kier alpha value is -5.64. The number of carbonyl (C=O) groups is 3. The van der Waals surface area contributed by atoms with Crippen molar-refractivity contribution in [2.75, 3.05) is 59.8 Å². The van der Waals surface area contributed by atoms with E-state index in [1.807, 2.05) is 6.07 Å². The number of hydrogen-bond acceptors (Lipinski definition) is 10.